The van der Waals surface area contributed by atoms with Gasteiger partial charge in [0.25, 0.3) is 0 Å². The average Bonchev–Trinajstić information content (AvgIpc) is 3.12. The van der Waals surface area contributed by atoms with Gasteiger partial charge >= 0.3 is 0 Å². The minimum atomic E-state index is -0.150. The third kappa shape index (κ3) is 3.50. The monoisotopic (exact) mass is 302 g/mol. The number of nitrogens with zero attached hydrogens (tertiary/aromatic N) is 1. The summed E-state index contributed by atoms with van der Waals surface area (Å²) in [6.07, 6.45) is 2.50. The molecule has 0 radical (unpaired) electrons. The summed E-state index contributed by atoms with van der Waals surface area (Å²) in [4.78, 5) is 14.7. The fourth-order valence-electron chi connectivity index (χ4n) is 3.23. The molecule has 1 aliphatic carbocycles. The molecule has 22 heavy (non-hydrogen) atoms. The van der Waals surface area contributed by atoms with E-state index in [0.29, 0.717) is 0 Å². The number of para-hydroxylation sites is 1. The zero-order valence-corrected chi connectivity index (χ0v) is 13.5. The molecule has 0 unspecified atom stereocenters. The Labute approximate surface area is 132 Å². The van der Waals surface area contributed by atoms with Crippen LogP contribution < -0.4 is 5.32 Å². The zero-order chi connectivity index (χ0) is 15.7. The molecule has 1 aromatic carbocycles. The summed E-state index contributed by atoms with van der Waals surface area (Å²) in [6.45, 7) is 6.94. The van der Waals surface area contributed by atoms with Gasteiger partial charge < -0.3 is 10.4 Å². The number of hydrogen-bond donors (Lipinski definition) is 2. The van der Waals surface area contributed by atoms with Crippen LogP contribution in [0.3, 0.4) is 0 Å². The van der Waals surface area contributed by atoms with E-state index in [4.69, 9.17) is 0 Å². The first-order chi connectivity index (χ1) is 10.5. The van der Waals surface area contributed by atoms with Crippen LogP contribution in [0.4, 0.5) is 5.69 Å². The average molecular weight is 302 g/mol. The van der Waals surface area contributed by atoms with Gasteiger partial charge in [-0.25, -0.2) is 0 Å². The maximum absolute atomic E-state index is 12.3. The first-order valence-corrected chi connectivity index (χ1v) is 8.25. The van der Waals surface area contributed by atoms with Crippen LogP contribution in [0, 0.1) is 11.3 Å². The highest BCUT2D eigenvalue weighted by molar-refractivity contribution is 5.95. The number of likely N-dealkylation sites (tertiary alicyclic amines) is 1. The molecule has 1 aliphatic heterocycles. The van der Waals surface area contributed by atoms with E-state index in [1.54, 1.807) is 0 Å². The Morgan fingerprint density at radius 3 is 2.59 bits per heavy atom. The lowest BCUT2D eigenvalue weighted by atomic mass is 10.1. The van der Waals surface area contributed by atoms with Crippen molar-refractivity contribution >= 4 is 11.6 Å². The molecular weight excluding hydrogens is 276 g/mol. The van der Waals surface area contributed by atoms with Gasteiger partial charge in [-0.05, 0) is 36.3 Å². The molecule has 4 heteroatoms. The van der Waals surface area contributed by atoms with Gasteiger partial charge in [-0.2, -0.15) is 0 Å². The van der Waals surface area contributed by atoms with E-state index in [1.165, 1.54) is 0 Å². The second kappa shape index (κ2) is 6.01. The Bertz CT molecular complexity index is 548. The van der Waals surface area contributed by atoms with E-state index in [2.05, 4.69) is 30.1 Å². The number of carbonyl (C=O) groups excluding carboxylic acids is 1. The molecule has 0 spiro atoms. The van der Waals surface area contributed by atoms with Crippen LogP contribution in [-0.2, 0) is 11.3 Å². The van der Waals surface area contributed by atoms with Gasteiger partial charge in [0.15, 0.2) is 0 Å². The third-order valence-electron chi connectivity index (χ3n) is 5.06. The predicted molar refractivity (Wildman–Crippen MR) is 87.5 cm³/mol. The number of benzene rings is 1. The highest BCUT2D eigenvalue weighted by Gasteiger charge is 2.50. The molecule has 1 heterocycles. The number of carbonyl (C=O) groups is 1. The fourth-order valence-corrected chi connectivity index (χ4v) is 3.23. The van der Waals surface area contributed by atoms with Gasteiger partial charge in [0, 0.05) is 31.2 Å². The molecule has 1 saturated heterocycles. The Hall–Kier alpha value is -1.39. The van der Waals surface area contributed by atoms with E-state index in [-0.39, 0.29) is 23.3 Å². The van der Waals surface area contributed by atoms with Crippen molar-refractivity contribution in [3.63, 3.8) is 0 Å². The maximum atomic E-state index is 12.3. The topological polar surface area (TPSA) is 52.6 Å². The van der Waals surface area contributed by atoms with Gasteiger partial charge in [-0.15, -0.1) is 0 Å². The summed E-state index contributed by atoms with van der Waals surface area (Å²) >= 11 is 0. The SMILES string of the molecule is CC1(C)C[C@@H]1C(=O)Nc1ccccc1CN1CCC(O)CC1. The van der Waals surface area contributed by atoms with Crippen molar-refractivity contribution in [1.82, 2.24) is 4.90 Å². The van der Waals surface area contributed by atoms with Crippen molar-refractivity contribution < 1.29 is 9.90 Å². The summed E-state index contributed by atoms with van der Waals surface area (Å²) < 4.78 is 0. The van der Waals surface area contributed by atoms with Crippen molar-refractivity contribution in [2.24, 2.45) is 11.3 Å². The number of aliphatic hydroxyl groups excluding tert-OH is 1. The van der Waals surface area contributed by atoms with Crippen LogP contribution >= 0.6 is 0 Å². The van der Waals surface area contributed by atoms with E-state index in [0.717, 1.165) is 50.1 Å². The van der Waals surface area contributed by atoms with E-state index in [1.807, 2.05) is 18.2 Å². The molecule has 120 valence electrons. The van der Waals surface area contributed by atoms with Gasteiger partial charge in [-0.3, -0.25) is 9.69 Å². The first-order valence-electron chi connectivity index (χ1n) is 8.25. The number of hydrogen-bond acceptors (Lipinski definition) is 3. The van der Waals surface area contributed by atoms with E-state index >= 15 is 0 Å². The van der Waals surface area contributed by atoms with Crippen LogP contribution in [0.1, 0.15) is 38.7 Å². The summed E-state index contributed by atoms with van der Waals surface area (Å²) in [7, 11) is 0. The van der Waals surface area contributed by atoms with Gasteiger partial charge in [-0.1, -0.05) is 32.0 Å². The third-order valence-corrected chi connectivity index (χ3v) is 5.06. The van der Waals surface area contributed by atoms with Crippen molar-refractivity contribution in [2.45, 2.75) is 45.8 Å². The van der Waals surface area contributed by atoms with Crippen LogP contribution in [0.2, 0.25) is 0 Å². The van der Waals surface area contributed by atoms with Crippen LogP contribution in [-0.4, -0.2) is 35.1 Å². The maximum Gasteiger partial charge on any atom is 0.228 e. The van der Waals surface area contributed by atoms with E-state index in [9.17, 15) is 9.90 Å². The minimum absolute atomic E-state index is 0.144. The van der Waals surface area contributed by atoms with Crippen LogP contribution in [0.15, 0.2) is 24.3 Å². The molecule has 1 aromatic rings. The Morgan fingerprint density at radius 1 is 1.32 bits per heavy atom. The fraction of sp³-hybridized carbons (Fsp3) is 0.611. The number of amides is 1. The van der Waals surface area contributed by atoms with Crippen molar-refractivity contribution in [1.29, 1.82) is 0 Å². The highest BCUT2D eigenvalue weighted by atomic mass is 16.3. The molecule has 1 saturated carbocycles. The Morgan fingerprint density at radius 2 is 1.95 bits per heavy atom. The molecule has 1 atom stereocenters. The number of aliphatic hydroxyl groups is 1. The quantitative estimate of drug-likeness (QED) is 0.899. The number of piperidine rings is 1. The van der Waals surface area contributed by atoms with Crippen molar-refractivity contribution in [2.75, 3.05) is 18.4 Å². The summed E-state index contributed by atoms with van der Waals surface area (Å²) in [5.74, 6) is 0.289. The number of anilines is 1. The lowest BCUT2D eigenvalue weighted by Crippen LogP contribution is -2.35. The molecular formula is C18H26N2O2. The van der Waals surface area contributed by atoms with Crippen molar-refractivity contribution in [3.05, 3.63) is 29.8 Å². The van der Waals surface area contributed by atoms with Crippen molar-refractivity contribution in [3.8, 4) is 0 Å². The van der Waals surface area contributed by atoms with E-state index < -0.39 is 0 Å². The number of rotatable bonds is 4. The van der Waals surface area contributed by atoms with Gasteiger partial charge in [0.2, 0.25) is 5.91 Å². The molecule has 0 bridgehead atoms. The van der Waals surface area contributed by atoms with Crippen LogP contribution in [0.25, 0.3) is 0 Å². The number of nitrogens with one attached hydrogen (secondary N) is 1. The Kier molecular flexibility index (Phi) is 4.24. The Balaban J connectivity index is 1.64. The molecule has 2 fully saturated rings. The van der Waals surface area contributed by atoms with Gasteiger partial charge in [0.1, 0.15) is 0 Å². The molecule has 3 rings (SSSR count). The van der Waals surface area contributed by atoms with Crippen LogP contribution in [0.5, 0.6) is 0 Å². The highest BCUT2D eigenvalue weighted by Crippen LogP contribution is 2.52. The van der Waals surface area contributed by atoms with Gasteiger partial charge in [0.05, 0.1) is 6.10 Å². The lowest BCUT2D eigenvalue weighted by molar-refractivity contribution is -0.118. The summed E-state index contributed by atoms with van der Waals surface area (Å²) in [6, 6.07) is 8.06. The minimum Gasteiger partial charge on any atom is -0.393 e. The first kappa shape index (κ1) is 15.5. The summed E-state index contributed by atoms with van der Waals surface area (Å²) in [5, 5.41) is 12.7. The zero-order valence-electron chi connectivity index (χ0n) is 13.5. The second-order valence-corrected chi connectivity index (χ2v) is 7.40. The molecule has 0 aromatic heterocycles. The smallest absolute Gasteiger partial charge is 0.228 e. The molecule has 1 amide bonds. The molecule has 2 aliphatic rings. The largest absolute Gasteiger partial charge is 0.393 e. The molecule has 2 N–H and O–H groups in total. The second-order valence-electron chi connectivity index (χ2n) is 7.40. The standard InChI is InChI=1S/C18H26N2O2/c1-18(2)11-15(18)17(22)19-16-6-4-3-5-13(16)12-20-9-7-14(21)8-10-20/h3-6,14-15,21H,7-12H2,1-2H3,(H,19,22)/t15-/m1/s1. The predicted octanol–water partition coefficient (Wildman–Crippen LogP) is 2.63. The lowest BCUT2D eigenvalue weighted by Gasteiger charge is -2.30. The summed E-state index contributed by atoms with van der Waals surface area (Å²) in [5.41, 5.74) is 2.24. The molecule has 4 nitrogen and oxygen atoms in total. The normalized spacial score (nSPS) is 25.0.